The second-order valence-corrected chi connectivity index (χ2v) is 10.3. The van der Waals surface area contributed by atoms with Gasteiger partial charge in [0, 0.05) is 50.6 Å². The number of nitrogens with zero attached hydrogens (tertiary/aromatic N) is 4. The summed E-state index contributed by atoms with van der Waals surface area (Å²) in [5.74, 6) is 0.0493. The molecule has 1 N–H and O–H groups in total. The Bertz CT molecular complexity index is 837. The zero-order valence-electron chi connectivity index (χ0n) is 15.7. The van der Waals surface area contributed by atoms with Crippen molar-refractivity contribution in [3.05, 3.63) is 11.1 Å². The monoisotopic (exact) mass is 427 g/mol. The van der Waals surface area contributed by atoms with Gasteiger partial charge in [-0.3, -0.25) is 9.59 Å². The Balaban J connectivity index is 1.27. The van der Waals surface area contributed by atoms with Crippen molar-refractivity contribution in [2.75, 3.05) is 44.6 Å². The van der Waals surface area contributed by atoms with Gasteiger partial charge in [-0.05, 0) is 25.7 Å². The number of piperazine rings is 1. The molecule has 3 fully saturated rings. The smallest absolute Gasteiger partial charge is 0.282 e. The van der Waals surface area contributed by atoms with Crippen molar-refractivity contribution in [3.63, 3.8) is 0 Å². The molecule has 2 amide bonds. The second-order valence-electron chi connectivity index (χ2n) is 7.48. The molecule has 28 heavy (non-hydrogen) atoms. The lowest BCUT2D eigenvalue weighted by atomic mass is 10.2. The van der Waals surface area contributed by atoms with Crippen LogP contribution in [-0.4, -0.2) is 78.0 Å². The minimum absolute atomic E-state index is 0.00237. The minimum atomic E-state index is -3.40. The van der Waals surface area contributed by atoms with Crippen LogP contribution in [0, 0.1) is 5.92 Å². The molecule has 154 valence electrons. The van der Waals surface area contributed by atoms with Crippen LogP contribution in [0.15, 0.2) is 5.38 Å². The molecular weight excluding hydrogens is 402 g/mol. The predicted octanol–water partition coefficient (Wildman–Crippen LogP) is 0.519. The van der Waals surface area contributed by atoms with Crippen molar-refractivity contribution in [3.8, 4) is 0 Å². The van der Waals surface area contributed by atoms with E-state index in [0.717, 1.165) is 25.7 Å². The van der Waals surface area contributed by atoms with Crippen molar-refractivity contribution >= 4 is 38.5 Å². The highest BCUT2D eigenvalue weighted by atomic mass is 32.2. The summed E-state index contributed by atoms with van der Waals surface area (Å²) in [7, 11) is -3.40. The zero-order valence-corrected chi connectivity index (χ0v) is 17.3. The summed E-state index contributed by atoms with van der Waals surface area (Å²) < 4.78 is 28.2. The Morgan fingerprint density at radius 1 is 1.07 bits per heavy atom. The van der Waals surface area contributed by atoms with E-state index in [1.807, 2.05) is 0 Å². The van der Waals surface area contributed by atoms with E-state index in [9.17, 15) is 18.0 Å². The largest absolute Gasteiger partial charge is 0.340 e. The highest BCUT2D eigenvalue weighted by Crippen LogP contribution is 2.30. The van der Waals surface area contributed by atoms with E-state index in [1.54, 1.807) is 10.3 Å². The first-order chi connectivity index (χ1) is 13.4. The summed E-state index contributed by atoms with van der Waals surface area (Å²) in [6.45, 7) is 2.60. The van der Waals surface area contributed by atoms with E-state index in [2.05, 4.69) is 10.3 Å². The number of hydrogen-bond acceptors (Lipinski definition) is 6. The van der Waals surface area contributed by atoms with Crippen LogP contribution in [0.1, 0.15) is 31.4 Å². The summed E-state index contributed by atoms with van der Waals surface area (Å²) in [6.07, 6.45) is 3.85. The number of carbonyl (C=O) groups is 2. The van der Waals surface area contributed by atoms with Crippen LogP contribution in [0.3, 0.4) is 0 Å². The van der Waals surface area contributed by atoms with Gasteiger partial charge in [0.1, 0.15) is 0 Å². The fourth-order valence-corrected chi connectivity index (χ4v) is 5.90. The van der Waals surface area contributed by atoms with Gasteiger partial charge in [0.2, 0.25) is 11.8 Å². The van der Waals surface area contributed by atoms with Gasteiger partial charge in [-0.1, -0.05) is 0 Å². The van der Waals surface area contributed by atoms with Crippen molar-refractivity contribution in [2.24, 2.45) is 5.92 Å². The van der Waals surface area contributed by atoms with E-state index in [-0.39, 0.29) is 24.2 Å². The summed E-state index contributed by atoms with van der Waals surface area (Å²) in [5.41, 5.74) is 0.633. The van der Waals surface area contributed by atoms with Gasteiger partial charge in [-0.15, -0.1) is 11.3 Å². The molecule has 0 unspecified atom stereocenters. The van der Waals surface area contributed by atoms with E-state index < -0.39 is 10.2 Å². The third-order valence-electron chi connectivity index (χ3n) is 5.37. The number of thiazole rings is 1. The molecule has 2 aliphatic heterocycles. The van der Waals surface area contributed by atoms with E-state index in [1.165, 1.54) is 19.9 Å². The predicted molar refractivity (Wildman–Crippen MR) is 105 cm³/mol. The number of hydrogen-bond donors (Lipinski definition) is 1. The fraction of sp³-hybridized carbons (Fsp3) is 0.706. The van der Waals surface area contributed by atoms with Crippen LogP contribution in [0.25, 0.3) is 0 Å². The normalized spacial score (nSPS) is 21.8. The third-order valence-corrected chi connectivity index (χ3v) is 8.21. The number of rotatable bonds is 6. The molecule has 1 aromatic heterocycles. The molecule has 0 aromatic carbocycles. The standard InChI is InChI=1S/C17H25N5O4S2/c23-15(11-14-12-27-17(18-14)19-16(24)13-3-4-13)20-7-9-22(10-8-20)28(25,26)21-5-1-2-6-21/h12-13H,1-11H2,(H,18,19,24). The van der Waals surface area contributed by atoms with Gasteiger partial charge >= 0.3 is 0 Å². The molecule has 1 aromatic rings. The molecule has 2 saturated heterocycles. The lowest BCUT2D eigenvalue weighted by Gasteiger charge is -2.35. The maximum absolute atomic E-state index is 12.6. The average molecular weight is 428 g/mol. The quantitative estimate of drug-likeness (QED) is 0.713. The highest BCUT2D eigenvalue weighted by Gasteiger charge is 2.34. The number of nitrogens with one attached hydrogen (secondary N) is 1. The molecule has 4 rings (SSSR count). The maximum atomic E-state index is 12.6. The van der Waals surface area contributed by atoms with Gasteiger partial charge in [-0.25, -0.2) is 4.98 Å². The van der Waals surface area contributed by atoms with Gasteiger partial charge in [0.25, 0.3) is 10.2 Å². The molecule has 9 nitrogen and oxygen atoms in total. The number of amides is 2. The average Bonchev–Trinajstić information content (AvgIpc) is 3.20. The molecule has 0 radical (unpaired) electrons. The number of aromatic nitrogens is 1. The Morgan fingerprint density at radius 2 is 1.71 bits per heavy atom. The van der Waals surface area contributed by atoms with Crippen molar-refractivity contribution in [1.82, 2.24) is 18.5 Å². The van der Waals surface area contributed by atoms with Gasteiger partial charge in [0.15, 0.2) is 5.13 Å². The highest BCUT2D eigenvalue weighted by molar-refractivity contribution is 7.86. The lowest BCUT2D eigenvalue weighted by Crippen LogP contribution is -2.54. The Morgan fingerprint density at radius 3 is 2.36 bits per heavy atom. The molecule has 0 spiro atoms. The van der Waals surface area contributed by atoms with Crippen LogP contribution < -0.4 is 5.32 Å². The Hall–Kier alpha value is -1.56. The van der Waals surface area contributed by atoms with Crippen LogP contribution >= 0.6 is 11.3 Å². The minimum Gasteiger partial charge on any atom is -0.340 e. The van der Waals surface area contributed by atoms with E-state index in [4.69, 9.17) is 0 Å². The lowest BCUT2D eigenvalue weighted by molar-refractivity contribution is -0.131. The third kappa shape index (κ3) is 4.37. The molecule has 0 atom stereocenters. The maximum Gasteiger partial charge on any atom is 0.282 e. The van der Waals surface area contributed by atoms with Crippen LogP contribution in [0.4, 0.5) is 5.13 Å². The fourth-order valence-electron chi connectivity index (χ4n) is 3.52. The van der Waals surface area contributed by atoms with E-state index >= 15 is 0 Å². The summed E-state index contributed by atoms with van der Waals surface area (Å²) in [6, 6.07) is 0. The molecule has 11 heteroatoms. The molecule has 0 bridgehead atoms. The zero-order chi connectivity index (χ0) is 19.7. The number of anilines is 1. The Labute approximate surface area is 168 Å². The van der Waals surface area contributed by atoms with Gasteiger partial charge in [0.05, 0.1) is 12.1 Å². The van der Waals surface area contributed by atoms with Gasteiger partial charge in [-0.2, -0.15) is 17.0 Å². The summed E-state index contributed by atoms with van der Waals surface area (Å²) >= 11 is 1.32. The first kappa shape index (κ1) is 19.7. The van der Waals surface area contributed by atoms with Crippen LogP contribution in [0.5, 0.6) is 0 Å². The van der Waals surface area contributed by atoms with Crippen molar-refractivity contribution in [2.45, 2.75) is 32.1 Å². The Kier molecular flexibility index (Phi) is 5.68. The number of carbonyl (C=O) groups excluding carboxylic acids is 2. The first-order valence-electron chi connectivity index (χ1n) is 9.72. The first-order valence-corrected chi connectivity index (χ1v) is 12.0. The summed E-state index contributed by atoms with van der Waals surface area (Å²) in [5, 5.41) is 5.11. The van der Waals surface area contributed by atoms with E-state index in [0.29, 0.717) is 50.1 Å². The summed E-state index contributed by atoms with van der Waals surface area (Å²) in [4.78, 5) is 30.4. The van der Waals surface area contributed by atoms with Crippen LogP contribution in [-0.2, 0) is 26.2 Å². The molecular formula is C17H25N5O4S2. The van der Waals surface area contributed by atoms with Crippen molar-refractivity contribution in [1.29, 1.82) is 0 Å². The van der Waals surface area contributed by atoms with Gasteiger partial charge < -0.3 is 10.2 Å². The topological polar surface area (TPSA) is 103 Å². The van der Waals surface area contributed by atoms with Crippen LogP contribution in [0.2, 0.25) is 0 Å². The molecule has 1 saturated carbocycles. The molecule has 3 heterocycles. The molecule has 3 aliphatic rings. The SMILES string of the molecule is O=C(Nc1nc(CC(=O)N2CCN(S(=O)(=O)N3CCCC3)CC2)cs1)C1CC1. The molecule has 1 aliphatic carbocycles. The second kappa shape index (κ2) is 8.05. The van der Waals surface area contributed by atoms with Crippen molar-refractivity contribution < 1.29 is 18.0 Å².